The predicted octanol–water partition coefficient (Wildman–Crippen LogP) is 4.40. The first-order valence-corrected chi connectivity index (χ1v) is 11.8. The normalized spacial score (nSPS) is 13.5. The van der Waals surface area contributed by atoms with Crippen molar-refractivity contribution < 1.29 is 27.2 Å². The number of nitrogens with zero attached hydrogens (tertiary/aromatic N) is 1. The Balaban J connectivity index is 4.87. The molecule has 0 aromatic rings. The molecular formula is C12H29NO6P2S. The molecule has 0 bridgehead atoms. The molecule has 0 aromatic carbocycles. The van der Waals surface area contributed by atoms with Gasteiger partial charge >= 0.3 is 14.5 Å². The van der Waals surface area contributed by atoms with E-state index >= 15 is 0 Å². The summed E-state index contributed by atoms with van der Waals surface area (Å²) in [7, 11) is -0.718. The van der Waals surface area contributed by atoms with Gasteiger partial charge in [0, 0.05) is 33.1 Å². The van der Waals surface area contributed by atoms with Crippen LogP contribution in [0.2, 0.25) is 0 Å². The Hall–Kier alpha value is 0.610. The van der Waals surface area contributed by atoms with E-state index in [-0.39, 0.29) is 12.2 Å². The van der Waals surface area contributed by atoms with Crippen LogP contribution < -0.4 is 0 Å². The van der Waals surface area contributed by atoms with E-state index in [0.29, 0.717) is 18.8 Å². The molecule has 0 unspecified atom stereocenters. The summed E-state index contributed by atoms with van der Waals surface area (Å²) in [6.45, 7) is 6.84. The van der Waals surface area contributed by atoms with Crippen LogP contribution in [0.25, 0.3) is 0 Å². The van der Waals surface area contributed by atoms with Gasteiger partial charge < -0.3 is 9.05 Å². The maximum atomic E-state index is 13.0. The van der Waals surface area contributed by atoms with Gasteiger partial charge in [-0.1, -0.05) is 6.92 Å². The maximum absolute atomic E-state index is 13.0. The van der Waals surface area contributed by atoms with Gasteiger partial charge in [-0.25, -0.2) is 13.8 Å². The van der Waals surface area contributed by atoms with Crippen LogP contribution in [0.4, 0.5) is 0 Å². The SMILES string of the molecule is CCN(CCSP(=O)(OC)OC)P(=O)(OC(C)C)OC(C)C. The van der Waals surface area contributed by atoms with E-state index in [2.05, 4.69) is 0 Å². The largest absolute Gasteiger partial charge is 0.408 e. The summed E-state index contributed by atoms with van der Waals surface area (Å²) in [6, 6.07) is 0. The summed E-state index contributed by atoms with van der Waals surface area (Å²) in [4.78, 5) is 0. The standard InChI is InChI=1S/C12H29NO6P2S/c1-8-13(9-10-22-21(15,16-6)17-7)20(14,18-11(2)3)19-12(4)5/h11-12H,8-10H2,1-7H3. The average molecular weight is 377 g/mol. The van der Waals surface area contributed by atoms with E-state index in [1.807, 2.05) is 34.6 Å². The molecule has 0 rings (SSSR count). The average Bonchev–Trinajstić information content (AvgIpc) is 2.41. The van der Waals surface area contributed by atoms with Crippen LogP contribution in [-0.2, 0) is 27.2 Å². The van der Waals surface area contributed by atoms with E-state index in [9.17, 15) is 9.13 Å². The molecule has 0 radical (unpaired) electrons. The Labute approximate surface area is 138 Å². The van der Waals surface area contributed by atoms with Crippen molar-refractivity contribution in [2.45, 2.75) is 46.8 Å². The lowest BCUT2D eigenvalue weighted by molar-refractivity contribution is 0.108. The van der Waals surface area contributed by atoms with E-state index in [4.69, 9.17) is 18.1 Å². The van der Waals surface area contributed by atoms with Crippen molar-refractivity contribution in [3.05, 3.63) is 0 Å². The van der Waals surface area contributed by atoms with Crippen molar-refractivity contribution in [3.8, 4) is 0 Å². The van der Waals surface area contributed by atoms with E-state index in [0.717, 1.165) is 11.4 Å². The highest BCUT2D eigenvalue weighted by molar-refractivity contribution is 8.55. The fourth-order valence-corrected chi connectivity index (χ4v) is 6.23. The molecule has 0 spiro atoms. The molecule has 0 heterocycles. The third kappa shape index (κ3) is 7.93. The molecule has 134 valence electrons. The smallest absolute Gasteiger partial charge is 0.304 e. The minimum atomic E-state index is -3.39. The van der Waals surface area contributed by atoms with Gasteiger partial charge in [-0.2, -0.15) is 0 Å². The zero-order valence-corrected chi connectivity index (χ0v) is 17.1. The van der Waals surface area contributed by atoms with E-state index in [1.54, 1.807) is 4.67 Å². The monoisotopic (exact) mass is 377 g/mol. The second-order valence-electron chi connectivity index (χ2n) is 4.97. The first-order chi connectivity index (χ1) is 10.1. The second-order valence-corrected chi connectivity index (χ2v) is 11.3. The van der Waals surface area contributed by atoms with Crippen LogP contribution in [-0.4, -0.2) is 49.9 Å². The van der Waals surface area contributed by atoms with Gasteiger partial charge in [0.15, 0.2) is 0 Å². The quantitative estimate of drug-likeness (QED) is 0.463. The third-order valence-electron chi connectivity index (χ3n) is 2.45. The summed E-state index contributed by atoms with van der Waals surface area (Å²) in [6.07, 6.45) is -0.453. The van der Waals surface area contributed by atoms with Crippen LogP contribution in [0.5, 0.6) is 0 Å². The van der Waals surface area contributed by atoms with Crippen molar-refractivity contribution in [2.24, 2.45) is 0 Å². The Kier molecular flexibility index (Phi) is 10.8. The molecule has 22 heavy (non-hydrogen) atoms. The minimum absolute atomic E-state index is 0.227. The molecule has 0 aliphatic rings. The van der Waals surface area contributed by atoms with Crippen molar-refractivity contribution in [3.63, 3.8) is 0 Å². The molecule has 0 fully saturated rings. The lowest BCUT2D eigenvalue weighted by atomic mass is 10.5. The molecule has 10 heteroatoms. The fraction of sp³-hybridized carbons (Fsp3) is 1.00. The Bertz CT molecular complexity index is 385. The summed E-state index contributed by atoms with van der Waals surface area (Å²) < 4.78 is 47.5. The molecule has 0 saturated heterocycles. The topological polar surface area (TPSA) is 74.3 Å². The fourth-order valence-electron chi connectivity index (χ4n) is 1.58. The van der Waals surface area contributed by atoms with E-state index in [1.165, 1.54) is 14.2 Å². The van der Waals surface area contributed by atoms with Crippen LogP contribution in [0, 0.1) is 0 Å². The zero-order valence-electron chi connectivity index (χ0n) is 14.5. The Morgan fingerprint density at radius 2 is 1.45 bits per heavy atom. The summed E-state index contributed by atoms with van der Waals surface area (Å²) in [5.41, 5.74) is 0. The summed E-state index contributed by atoms with van der Waals surface area (Å²) >= 11 is 1.06. The molecule has 0 aromatic heterocycles. The second kappa shape index (κ2) is 10.5. The zero-order chi connectivity index (χ0) is 17.4. The van der Waals surface area contributed by atoms with Gasteiger partial charge in [-0.3, -0.25) is 9.05 Å². The summed E-state index contributed by atoms with van der Waals surface area (Å²) in [5, 5.41) is 0. The number of hydrogen-bond acceptors (Lipinski definition) is 7. The van der Waals surface area contributed by atoms with Crippen molar-refractivity contribution in [1.29, 1.82) is 0 Å². The highest BCUT2D eigenvalue weighted by Gasteiger charge is 2.35. The molecule has 0 saturated carbocycles. The van der Waals surface area contributed by atoms with Gasteiger partial charge in [0.1, 0.15) is 0 Å². The van der Waals surface area contributed by atoms with Gasteiger partial charge in [-0.15, -0.1) is 0 Å². The molecule has 7 nitrogen and oxygen atoms in total. The minimum Gasteiger partial charge on any atom is -0.304 e. The van der Waals surface area contributed by atoms with E-state index < -0.39 is 14.5 Å². The summed E-state index contributed by atoms with van der Waals surface area (Å²) in [5.74, 6) is 0.416. The molecule has 0 N–H and O–H groups in total. The highest BCUT2D eigenvalue weighted by Crippen LogP contribution is 2.60. The highest BCUT2D eigenvalue weighted by atomic mass is 32.7. The van der Waals surface area contributed by atoms with Gasteiger partial charge in [0.25, 0.3) is 0 Å². The number of rotatable bonds is 12. The molecule has 0 aliphatic heterocycles. The maximum Gasteiger partial charge on any atom is 0.408 e. The lowest BCUT2D eigenvalue weighted by Crippen LogP contribution is -2.28. The Morgan fingerprint density at radius 3 is 1.77 bits per heavy atom. The molecule has 0 aliphatic carbocycles. The van der Waals surface area contributed by atoms with Crippen molar-refractivity contribution in [1.82, 2.24) is 4.67 Å². The first-order valence-electron chi connectivity index (χ1n) is 7.20. The van der Waals surface area contributed by atoms with Crippen LogP contribution in [0.1, 0.15) is 34.6 Å². The van der Waals surface area contributed by atoms with Gasteiger partial charge in [-0.05, 0) is 39.1 Å². The predicted molar refractivity (Wildman–Crippen MR) is 91.4 cm³/mol. The Morgan fingerprint density at radius 1 is 1.00 bits per heavy atom. The van der Waals surface area contributed by atoms with Crippen molar-refractivity contribution >= 4 is 25.9 Å². The lowest BCUT2D eigenvalue weighted by Gasteiger charge is -2.31. The number of hydrogen-bond donors (Lipinski definition) is 0. The van der Waals surface area contributed by atoms with Crippen molar-refractivity contribution in [2.75, 3.05) is 33.1 Å². The van der Waals surface area contributed by atoms with Crippen LogP contribution >= 0.6 is 25.9 Å². The first kappa shape index (κ1) is 22.6. The molecule has 0 amide bonds. The van der Waals surface area contributed by atoms with Crippen LogP contribution in [0.15, 0.2) is 0 Å². The van der Waals surface area contributed by atoms with Crippen LogP contribution in [0.3, 0.4) is 0 Å². The third-order valence-corrected chi connectivity index (χ3v) is 8.96. The van der Waals surface area contributed by atoms with Gasteiger partial charge in [0.2, 0.25) is 0 Å². The molecule has 0 atom stereocenters. The molecular weight excluding hydrogens is 348 g/mol. The van der Waals surface area contributed by atoms with Gasteiger partial charge in [0.05, 0.1) is 12.2 Å².